The zero-order valence-electron chi connectivity index (χ0n) is 10.5. The van der Waals surface area contributed by atoms with E-state index >= 15 is 0 Å². The van der Waals surface area contributed by atoms with Crippen LogP contribution in [0, 0.1) is 6.92 Å². The van der Waals surface area contributed by atoms with Gasteiger partial charge in [-0.15, -0.1) is 11.3 Å². The summed E-state index contributed by atoms with van der Waals surface area (Å²) < 4.78 is 0. The minimum Gasteiger partial charge on any atom is -0.478 e. The highest BCUT2D eigenvalue weighted by molar-refractivity contribution is 7.14. The summed E-state index contributed by atoms with van der Waals surface area (Å²) in [4.78, 5) is 11.9. The first-order valence-corrected chi connectivity index (χ1v) is 6.56. The molecule has 0 saturated heterocycles. The minimum atomic E-state index is -0.856. The van der Waals surface area contributed by atoms with E-state index in [-0.39, 0.29) is 0 Å². The van der Waals surface area contributed by atoms with E-state index < -0.39 is 5.97 Å². The number of rotatable bonds is 2. The summed E-state index contributed by atoms with van der Waals surface area (Å²) in [6.07, 6.45) is 0. The predicted octanol–water partition coefficient (Wildman–Crippen LogP) is 3.39. The van der Waals surface area contributed by atoms with Gasteiger partial charge >= 0.3 is 5.97 Å². The van der Waals surface area contributed by atoms with Gasteiger partial charge in [-0.05, 0) is 24.6 Å². The third kappa shape index (κ3) is 3.42. The van der Waals surface area contributed by atoms with Gasteiger partial charge in [0.25, 0.3) is 0 Å². The lowest BCUT2D eigenvalue weighted by Crippen LogP contribution is -1.95. The molecule has 0 atom stereocenters. The number of hydrogen-bond donors (Lipinski definition) is 2. The molecular formula is C14H17NO2S. The first-order chi connectivity index (χ1) is 8.61. The lowest BCUT2D eigenvalue weighted by atomic mass is 10.1. The van der Waals surface area contributed by atoms with Gasteiger partial charge in [0.05, 0.1) is 5.56 Å². The van der Waals surface area contributed by atoms with E-state index in [1.807, 2.05) is 44.2 Å². The molecule has 4 heteroatoms. The second-order valence-electron chi connectivity index (χ2n) is 3.68. The summed E-state index contributed by atoms with van der Waals surface area (Å²) in [7, 11) is 0. The molecule has 3 nitrogen and oxygen atoms in total. The van der Waals surface area contributed by atoms with E-state index in [1.165, 1.54) is 11.3 Å². The van der Waals surface area contributed by atoms with Gasteiger partial charge in [-0.2, -0.15) is 0 Å². The summed E-state index contributed by atoms with van der Waals surface area (Å²) >= 11 is 1.48. The molecule has 2 rings (SSSR count). The van der Waals surface area contributed by atoms with Crippen molar-refractivity contribution in [2.45, 2.75) is 13.8 Å². The van der Waals surface area contributed by atoms with Gasteiger partial charge in [-0.1, -0.05) is 37.3 Å². The highest BCUT2D eigenvalue weighted by atomic mass is 32.1. The van der Waals surface area contributed by atoms with Crippen molar-refractivity contribution in [2.24, 2.45) is 5.73 Å². The molecule has 0 fully saturated rings. The van der Waals surface area contributed by atoms with E-state index in [9.17, 15) is 4.79 Å². The quantitative estimate of drug-likeness (QED) is 0.873. The van der Waals surface area contributed by atoms with Crippen LogP contribution in [0.5, 0.6) is 0 Å². The van der Waals surface area contributed by atoms with Crippen molar-refractivity contribution in [3.8, 4) is 10.4 Å². The molecule has 3 N–H and O–H groups in total. The Labute approximate surface area is 111 Å². The third-order valence-electron chi connectivity index (χ3n) is 2.31. The molecule has 1 aromatic carbocycles. The summed E-state index contributed by atoms with van der Waals surface area (Å²) in [6.45, 7) is 4.50. The molecule has 2 aromatic rings. The van der Waals surface area contributed by atoms with E-state index in [1.54, 1.807) is 5.38 Å². The van der Waals surface area contributed by atoms with Gasteiger partial charge in [-0.25, -0.2) is 4.79 Å². The number of hydrogen-bond acceptors (Lipinski definition) is 3. The molecule has 0 aliphatic heterocycles. The lowest BCUT2D eigenvalue weighted by molar-refractivity contribution is 0.0697. The van der Waals surface area contributed by atoms with E-state index in [0.29, 0.717) is 5.56 Å². The Kier molecular flexibility index (Phi) is 5.55. The molecule has 0 bridgehead atoms. The summed E-state index contributed by atoms with van der Waals surface area (Å²) in [5.41, 5.74) is 7.17. The van der Waals surface area contributed by atoms with Crippen molar-refractivity contribution in [3.05, 3.63) is 46.8 Å². The Morgan fingerprint density at radius 3 is 2.33 bits per heavy atom. The van der Waals surface area contributed by atoms with Crippen LogP contribution in [0.2, 0.25) is 0 Å². The Hall–Kier alpha value is -1.65. The highest BCUT2D eigenvalue weighted by Gasteiger charge is 2.13. The molecule has 96 valence electrons. The van der Waals surface area contributed by atoms with Crippen LogP contribution in [0.15, 0.2) is 35.7 Å². The molecule has 0 spiro atoms. The first kappa shape index (κ1) is 14.4. The smallest absolute Gasteiger partial charge is 0.336 e. The topological polar surface area (TPSA) is 63.3 Å². The molecule has 0 aliphatic carbocycles. The zero-order chi connectivity index (χ0) is 13.5. The van der Waals surface area contributed by atoms with Crippen LogP contribution in [-0.2, 0) is 0 Å². The van der Waals surface area contributed by atoms with Crippen molar-refractivity contribution in [3.63, 3.8) is 0 Å². The molecule has 1 heterocycles. The summed E-state index contributed by atoms with van der Waals surface area (Å²) in [5, 5.41) is 10.6. The Bertz CT molecular complexity index is 506. The van der Waals surface area contributed by atoms with Crippen LogP contribution in [0.4, 0.5) is 0 Å². The normalized spacial score (nSPS) is 9.50. The molecule has 0 amide bonds. The molecule has 18 heavy (non-hydrogen) atoms. The van der Waals surface area contributed by atoms with Gasteiger partial charge in [0, 0.05) is 10.3 Å². The number of nitrogens with two attached hydrogens (primary N) is 1. The predicted molar refractivity (Wildman–Crippen MR) is 76.2 cm³/mol. The maximum Gasteiger partial charge on any atom is 0.336 e. The van der Waals surface area contributed by atoms with Gasteiger partial charge in [0.1, 0.15) is 0 Å². The van der Waals surface area contributed by atoms with E-state index in [0.717, 1.165) is 22.5 Å². The fourth-order valence-corrected chi connectivity index (χ4v) is 2.57. The average molecular weight is 263 g/mol. The number of thiophene rings is 1. The number of benzene rings is 1. The SMILES string of the molecule is CCN.Cc1c(C(=O)O)csc1-c1ccccc1. The van der Waals surface area contributed by atoms with Crippen LogP contribution >= 0.6 is 11.3 Å². The largest absolute Gasteiger partial charge is 0.478 e. The maximum absolute atomic E-state index is 10.9. The molecular weight excluding hydrogens is 246 g/mol. The van der Waals surface area contributed by atoms with Gasteiger partial charge in [-0.3, -0.25) is 0 Å². The standard InChI is InChI=1S/C12H10O2S.C2H7N/c1-8-10(12(13)14)7-15-11(8)9-5-3-2-4-6-9;1-2-3/h2-7H,1H3,(H,13,14);2-3H2,1H3. The van der Waals surface area contributed by atoms with Crippen molar-refractivity contribution in [1.82, 2.24) is 0 Å². The Balaban J connectivity index is 0.000000492. The van der Waals surface area contributed by atoms with Gasteiger partial charge in [0.15, 0.2) is 0 Å². The molecule has 0 saturated carbocycles. The average Bonchev–Trinajstić information content (AvgIpc) is 2.73. The van der Waals surface area contributed by atoms with E-state index in [4.69, 9.17) is 10.8 Å². The Morgan fingerprint density at radius 1 is 1.33 bits per heavy atom. The molecule has 0 unspecified atom stereocenters. The Morgan fingerprint density at radius 2 is 1.89 bits per heavy atom. The first-order valence-electron chi connectivity index (χ1n) is 5.68. The number of carboxylic acids is 1. The van der Waals surface area contributed by atoms with Crippen LogP contribution in [0.25, 0.3) is 10.4 Å². The van der Waals surface area contributed by atoms with Crippen molar-refractivity contribution in [1.29, 1.82) is 0 Å². The third-order valence-corrected chi connectivity index (χ3v) is 3.44. The lowest BCUT2D eigenvalue weighted by Gasteiger charge is -1.99. The fraction of sp³-hybridized carbons (Fsp3) is 0.214. The highest BCUT2D eigenvalue weighted by Crippen LogP contribution is 2.31. The number of carboxylic acid groups (broad SMARTS) is 1. The fourth-order valence-electron chi connectivity index (χ4n) is 1.50. The second kappa shape index (κ2) is 6.93. The number of aromatic carboxylic acids is 1. The molecule has 1 aromatic heterocycles. The van der Waals surface area contributed by atoms with Crippen molar-refractivity contribution < 1.29 is 9.90 Å². The van der Waals surface area contributed by atoms with Crippen molar-refractivity contribution in [2.75, 3.05) is 6.54 Å². The van der Waals surface area contributed by atoms with Crippen LogP contribution in [0.1, 0.15) is 22.8 Å². The van der Waals surface area contributed by atoms with Crippen LogP contribution in [0.3, 0.4) is 0 Å². The van der Waals surface area contributed by atoms with Gasteiger partial charge < -0.3 is 10.8 Å². The van der Waals surface area contributed by atoms with Crippen LogP contribution in [-0.4, -0.2) is 17.6 Å². The zero-order valence-corrected chi connectivity index (χ0v) is 11.3. The van der Waals surface area contributed by atoms with E-state index in [2.05, 4.69) is 0 Å². The second-order valence-corrected chi connectivity index (χ2v) is 4.56. The minimum absolute atomic E-state index is 0.402. The maximum atomic E-state index is 10.9. The summed E-state index contributed by atoms with van der Waals surface area (Å²) in [6, 6.07) is 9.84. The molecule has 0 aliphatic rings. The van der Waals surface area contributed by atoms with Crippen LogP contribution < -0.4 is 5.73 Å². The van der Waals surface area contributed by atoms with Gasteiger partial charge in [0.2, 0.25) is 0 Å². The monoisotopic (exact) mass is 263 g/mol. The molecule has 0 radical (unpaired) electrons. The number of carbonyl (C=O) groups is 1. The summed E-state index contributed by atoms with van der Waals surface area (Å²) in [5.74, 6) is -0.856. The van der Waals surface area contributed by atoms with Crippen molar-refractivity contribution >= 4 is 17.3 Å².